The summed E-state index contributed by atoms with van der Waals surface area (Å²) < 4.78 is 0. The molecule has 6 heteroatoms. The number of aromatic nitrogens is 1. The molecule has 3 aliphatic heterocycles. The van der Waals surface area contributed by atoms with Crippen LogP contribution in [0, 0.1) is 0 Å². The monoisotopic (exact) mass is 309 g/mol. The van der Waals surface area contributed by atoms with Gasteiger partial charge in [0, 0.05) is 43.4 Å². The lowest BCUT2D eigenvalue weighted by molar-refractivity contribution is -0.00867. The van der Waals surface area contributed by atoms with Gasteiger partial charge in [0.1, 0.15) is 5.82 Å². The van der Waals surface area contributed by atoms with Crippen LogP contribution in [0.1, 0.15) is 12.0 Å². The summed E-state index contributed by atoms with van der Waals surface area (Å²) in [6.07, 6.45) is 2.80. The molecular formula is C17H20BN3O2. The molecule has 0 aliphatic carbocycles. The minimum Gasteiger partial charge on any atom is -0.423 e. The van der Waals surface area contributed by atoms with Crippen molar-refractivity contribution in [3.05, 3.63) is 54.2 Å². The van der Waals surface area contributed by atoms with Gasteiger partial charge in [-0.25, -0.2) is 4.98 Å². The van der Waals surface area contributed by atoms with E-state index in [0.717, 1.165) is 25.5 Å². The topological polar surface area (TPSA) is 59.8 Å². The molecule has 2 unspecified atom stereocenters. The number of hydrogen-bond acceptors (Lipinski definition) is 5. The van der Waals surface area contributed by atoms with E-state index >= 15 is 0 Å². The van der Waals surface area contributed by atoms with Crippen molar-refractivity contribution in [1.82, 2.24) is 9.88 Å². The van der Waals surface area contributed by atoms with Gasteiger partial charge in [0.25, 0.3) is 0 Å². The molecule has 118 valence electrons. The molecule has 0 amide bonds. The third-order valence-corrected chi connectivity index (χ3v) is 4.95. The van der Waals surface area contributed by atoms with E-state index in [0.29, 0.717) is 17.5 Å². The smallest absolute Gasteiger partial charge is 0.423 e. The molecule has 5 nitrogen and oxygen atoms in total. The fourth-order valence-electron chi connectivity index (χ4n) is 3.66. The summed E-state index contributed by atoms with van der Waals surface area (Å²) in [6, 6.07) is 15.4. The molecule has 5 rings (SSSR count). The van der Waals surface area contributed by atoms with Crippen LogP contribution in [0.15, 0.2) is 48.7 Å². The van der Waals surface area contributed by atoms with Crippen LogP contribution in [0.4, 0.5) is 5.82 Å². The first-order valence-corrected chi connectivity index (χ1v) is 8.07. The van der Waals surface area contributed by atoms with Crippen molar-refractivity contribution in [2.45, 2.75) is 25.0 Å². The van der Waals surface area contributed by atoms with Gasteiger partial charge in [0.05, 0.1) is 0 Å². The molecule has 0 saturated carbocycles. The Balaban J connectivity index is 1.41. The highest BCUT2D eigenvalue weighted by atomic mass is 16.4. The fraction of sp³-hybridized carbons (Fsp3) is 0.353. The maximum atomic E-state index is 9.14. The highest BCUT2D eigenvalue weighted by molar-refractivity contribution is 6.58. The second kappa shape index (κ2) is 5.96. The molecule has 3 fully saturated rings. The average molecular weight is 309 g/mol. The summed E-state index contributed by atoms with van der Waals surface area (Å²) in [7, 11) is -1.45. The number of rotatable bonds is 4. The van der Waals surface area contributed by atoms with Crippen molar-refractivity contribution < 1.29 is 10.0 Å². The summed E-state index contributed by atoms with van der Waals surface area (Å²) >= 11 is 0. The molecule has 23 heavy (non-hydrogen) atoms. The lowest BCUT2D eigenvalue weighted by atomic mass is 9.82. The Kier molecular flexibility index (Phi) is 3.81. The van der Waals surface area contributed by atoms with E-state index in [-0.39, 0.29) is 0 Å². The Morgan fingerprint density at radius 3 is 2.39 bits per heavy atom. The first-order chi connectivity index (χ1) is 11.2. The van der Waals surface area contributed by atoms with E-state index < -0.39 is 7.12 Å². The van der Waals surface area contributed by atoms with Crippen LogP contribution in [0.3, 0.4) is 0 Å². The molecule has 1 aromatic heterocycles. The van der Waals surface area contributed by atoms with Crippen molar-refractivity contribution in [3.8, 4) is 0 Å². The Morgan fingerprint density at radius 1 is 1.04 bits per heavy atom. The molecule has 2 bridgehead atoms. The van der Waals surface area contributed by atoms with E-state index in [9.17, 15) is 0 Å². The van der Waals surface area contributed by atoms with E-state index in [1.54, 1.807) is 12.3 Å². The van der Waals surface area contributed by atoms with Crippen LogP contribution in [0.5, 0.6) is 0 Å². The van der Waals surface area contributed by atoms with Crippen molar-refractivity contribution in [3.63, 3.8) is 0 Å². The highest BCUT2D eigenvalue weighted by Crippen LogP contribution is 2.35. The van der Waals surface area contributed by atoms with Gasteiger partial charge in [-0.3, -0.25) is 4.90 Å². The minimum absolute atomic E-state index is 0.432. The van der Waals surface area contributed by atoms with Gasteiger partial charge >= 0.3 is 7.12 Å². The number of piperidine rings is 1. The molecule has 2 N–H and O–H groups in total. The summed E-state index contributed by atoms with van der Waals surface area (Å²) in [5.74, 6) is 0.920. The van der Waals surface area contributed by atoms with E-state index in [2.05, 4.69) is 45.1 Å². The van der Waals surface area contributed by atoms with Crippen molar-refractivity contribution in [1.29, 1.82) is 0 Å². The largest absolute Gasteiger partial charge is 0.490 e. The van der Waals surface area contributed by atoms with Crippen molar-refractivity contribution in [2.75, 3.05) is 18.0 Å². The Labute approximate surface area is 136 Å². The first-order valence-electron chi connectivity index (χ1n) is 8.07. The fourth-order valence-corrected chi connectivity index (χ4v) is 3.66. The Hall–Kier alpha value is -1.89. The maximum Gasteiger partial charge on any atom is 0.490 e. The van der Waals surface area contributed by atoms with E-state index in [1.807, 2.05) is 6.07 Å². The zero-order valence-electron chi connectivity index (χ0n) is 12.9. The van der Waals surface area contributed by atoms with Gasteiger partial charge in [-0.2, -0.15) is 0 Å². The summed E-state index contributed by atoms with van der Waals surface area (Å²) in [6.45, 7) is 2.99. The zero-order valence-corrected chi connectivity index (χ0v) is 12.9. The van der Waals surface area contributed by atoms with Crippen LogP contribution in [0.25, 0.3) is 0 Å². The molecule has 3 saturated heterocycles. The molecule has 2 aromatic rings. The normalized spacial score (nSPS) is 23.5. The van der Waals surface area contributed by atoms with Crippen molar-refractivity contribution in [2.24, 2.45) is 0 Å². The summed E-state index contributed by atoms with van der Waals surface area (Å²) in [5, 5.41) is 18.3. The van der Waals surface area contributed by atoms with E-state index in [4.69, 9.17) is 10.0 Å². The predicted molar refractivity (Wildman–Crippen MR) is 90.5 cm³/mol. The van der Waals surface area contributed by atoms with Crippen molar-refractivity contribution >= 4 is 18.4 Å². The minimum atomic E-state index is -1.45. The number of hydrogen-bond donors (Lipinski definition) is 2. The Morgan fingerprint density at radius 2 is 1.78 bits per heavy atom. The van der Waals surface area contributed by atoms with Crippen LogP contribution < -0.4 is 10.4 Å². The number of nitrogens with zero attached hydrogens (tertiary/aromatic N) is 3. The highest BCUT2D eigenvalue weighted by Gasteiger charge is 2.44. The molecule has 0 radical (unpaired) electrons. The maximum absolute atomic E-state index is 9.14. The van der Waals surface area contributed by atoms with Crippen LogP contribution in [-0.4, -0.2) is 52.2 Å². The van der Waals surface area contributed by atoms with E-state index in [1.165, 1.54) is 12.0 Å². The standard InChI is InChI=1S/C17H20BN3O2/c22-18(23)14-6-7-17(19-9-14)20-11-15-8-16(12-20)21(15)10-13-4-2-1-3-5-13/h1-7,9,15-16,22-23H,8,10-12H2. The summed E-state index contributed by atoms with van der Waals surface area (Å²) in [5.41, 5.74) is 1.80. The molecule has 0 spiro atoms. The number of pyridine rings is 1. The van der Waals surface area contributed by atoms with Gasteiger partial charge in [-0.05, 0) is 18.1 Å². The summed E-state index contributed by atoms with van der Waals surface area (Å²) in [4.78, 5) is 9.26. The lowest BCUT2D eigenvalue weighted by Gasteiger charge is -2.56. The number of benzene rings is 1. The quantitative estimate of drug-likeness (QED) is 0.792. The molecule has 4 heterocycles. The van der Waals surface area contributed by atoms with Crippen LogP contribution >= 0.6 is 0 Å². The predicted octanol–water partition coefficient (Wildman–Crippen LogP) is 0.224. The number of fused-ring (bicyclic) bond motifs is 2. The SMILES string of the molecule is OB(O)c1ccc(N2CC3CC(C2)N3Cc2ccccc2)nc1. The van der Waals surface area contributed by atoms with Gasteiger partial charge in [0.2, 0.25) is 0 Å². The van der Waals surface area contributed by atoms with Gasteiger partial charge in [0.15, 0.2) is 0 Å². The zero-order chi connectivity index (χ0) is 15.8. The molecular weight excluding hydrogens is 289 g/mol. The number of anilines is 1. The van der Waals surface area contributed by atoms with Crippen LogP contribution in [0.2, 0.25) is 0 Å². The first kappa shape index (κ1) is 14.7. The Bertz CT molecular complexity index is 653. The van der Waals surface area contributed by atoms with Gasteiger partial charge in [-0.15, -0.1) is 0 Å². The van der Waals surface area contributed by atoms with Gasteiger partial charge in [-0.1, -0.05) is 36.4 Å². The molecule has 2 atom stereocenters. The average Bonchev–Trinajstić information content (AvgIpc) is 2.61. The second-order valence-corrected chi connectivity index (χ2v) is 6.43. The third-order valence-electron chi connectivity index (χ3n) is 4.95. The number of piperazine rings is 1. The second-order valence-electron chi connectivity index (χ2n) is 6.43. The molecule has 1 aromatic carbocycles. The van der Waals surface area contributed by atoms with Crippen LogP contribution in [-0.2, 0) is 6.54 Å². The lowest BCUT2D eigenvalue weighted by Crippen LogP contribution is -2.68. The third kappa shape index (κ3) is 2.85. The van der Waals surface area contributed by atoms with Gasteiger partial charge < -0.3 is 14.9 Å². The molecule has 3 aliphatic rings.